The minimum atomic E-state index is -0.213. The van der Waals surface area contributed by atoms with Crippen molar-refractivity contribution in [3.63, 3.8) is 0 Å². The summed E-state index contributed by atoms with van der Waals surface area (Å²) in [5, 5.41) is 4.15. The van der Waals surface area contributed by atoms with Crippen LogP contribution in [0.25, 0.3) is 0 Å². The Kier molecular flexibility index (Phi) is 5.10. The number of amidine groups is 1. The van der Waals surface area contributed by atoms with E-state index in [1.165, 1.54) is 0 Å². The Balaban J connectivity index is 1.85. The van der Waals surface area contributed by atoms with Crippen LogP contribution in [0.2, 0.25) is 0 Å². The largest absolute Gasteiger partial charge is 0.378 e. The van der Waals surface area contributed by atoms with Gasteiger partial charge in [0.05, 0.1) is 19.3 Å². The SMILES string of the molecule is CC(NC1=N[C@@H](C(C)C)CS1)C(=O)N1CCOCC1. The van der Waals surface area contributed by atoms with Crippen molar-refractivity contribution < 1.29 is 9.53 Å². The Labute approximate surface area is 119 Å². The molecule has 1 amide bonds. The molecular formula is C13H23N3O2S. The highest BCUT2D eigenvalue weighted by atomic mass is 32.2. The number of nitrogens with zero attached hydrogens (tertiary/aromatic N) is 2. The van der Waals surface area contributed by atoms with E-state index >= 15 is 0 Å². The third kappa shape index (κ3) is 3.86. The Morgan fingerprint density at radius 2 is 2.11 bits per heavy atom. The van der Waals surface area contributed by atoms with E-state index in [9.17, 15) is 4.79 Å². The van der Waals surface area contributed by atoms with Gasteiger partial charge in [-0.25, -0.2) is 0 Å². The lowest BCUT2D eigenvalue weighted by atomic mass is 10.1. The quantitative estimate of drug-likeness (QED) is 0.839. The van der Waals surface area contributed by atoms with Crippen molar-refractivity contribution in [1.82, 2.24) is 10.2 Å². The maximum Gasteiger partial charge on any atom is 0.244 e. The maximum absolute atomic E-state index is 12.2. The summed E-state index contributed by atoms with van der Waals surface area (Å²) in [4.78, 5) is 18.7. The summed E-state index contributed by atoms with van der Waals surface area (Å²) in [6, 6.07) is 0.161. The number of nitrogens with one attached hydrogen (secondary N) is 1. The number of carbonyl (C=O) groups is 1. The topological polar surface area (TPSA) is 53.9 Å². The van der Waals surface area contributed by atoms with Crippen molar-refractivity contribution in [3.05, 3.63) is 0 Å². The van der Waals surface area contributed by atoms with Crippen molar-refractivity contribution in [3.8, 4) is 0 Å². The standard InChI is InChI=1S/C13H23N3O2S/c1-9(2)11-8-19-13(15-11)14-10(3)12(17)16-4-6-18-7-5-16/h9-11H,4-8H2,1-3H3,(H,14,15)/t10?,11-/m1/s1. The van der Waals surface area contributed by atoms with Crippen molar-refractivity contribution in [1.29, 1.82) is 0 Å². The van der Waals surface area contributed by atoms with E-state index in [-0.39, 0.29) is 11.9 Å². The fraction of sp³-hybridized carbons (Fsp3) is 0.846. The Morgan fingerprint density at radius 3 is 2.68 bits per heavy atom. The summed E-state index contributed by atoms with van der Waals surface area (Å²) in [6.07, 6.45) is 0. The van der Waals surface area contributed by atoms with E-state index in [1.807, 2.05) is 11.8 Å². The molecule has 5 nitrogen and oxygen atoms in total. The first kappa shape index (κ1) is 14.7. The summed E-state index contributed by atoms with van der Waals surface area (Å²) in [6.45, 7) is 8.94. The molecule has 0 aromatic rings. The molecule has 1 saturated heterocycles. The van der Waals surface area contributed by atoms with Gasteiger partial charge in [-0.05, 0) is 12.8 Å². The second-order valence-electron chi connectivity index (χ2n) is 5.36. The summed E-state index contributed by atoms with van der Waals surface area (Å²) in [5.74, 6) is 1.70. The number of amides is 1. The van der Waals surface area contributed by atoms with Crippen LogP contribution in [0.15, 0.2) is 4.99 Å². The van der Waals surface area contributed by atoms with Gasteiger partial charge in [0.15, 0.2) is 5.17 Å². The van der Waals surface area contributed by atoms with Crippen molar-refractivity contribution in [2.45, 2.75) is 32.9 Å². The average molecular weight is 285 g/mol. The fourth-order valence-corrected chi connectivity index (χ4v) is 3.37. The van der Waals surface area contributed by atoms with Gasteiger partial charge < -0.3 is 15.0 Å². The predicted octanol–water partition coefficient (Wildman–Crippen LogP) is 0.951. The fourth-order valence-electron chi connectivity index (χ4n) is 2.11. The van der Waals surface area contributed by atoms with Gasteiger partial charge in [-0.2, -0.15) is 0 Å². The number of morpholine rings is 1. The van der Waals surface area contributed by atoms with Crippen LogP contribution < -0.4 is 5.32 Å². The minimum absolute atomic E-state index is 0.139. The molecule has 1 unspecified atom stereocenters. The van der Waals surface area contributed by atoms with Gasteiger partial charge >= 0.3 is 0 Å². The molecule has 0 aliphatic carbocycles. The number of ether oxygens (including phenoxy) is 1. The van der Waals surface area contributed by atoms with Crippen LogP contribution in [0, 0.1) is 5.92 Å². The first-order valence-corrected chi connectivity index (χ1v) is 7.90. The van der Waals surface area contributed by atoms with Crippen LogP contribution in [0.5, 0.6) is 0 Å². The molecule has 0 bridgehead atoms. The van der Waals surface area contributed by atoms with Crippen LogP contribution in [-0.2, 0) is 9.53 Å². The third-order valence-corrected chi connectivity index (χ3v) is 4.48. The van der Waals surface area contributed by atoms with Gasteiger partial charge in [0, 0.05) is 18.8 Å². The molecule has 108 valence electrons. The lowest BCUT2D eigenvalue weighted by Gasteiger charge is -2.29. The van der Waals surface area contributed by atoms with Crippen LogP contribution >= 0.6 is 11.8 Å². The smallest absolute Gasteiger partial charge is 0.244 e. The summed E-state index contributed by atoms with van der Waals surface area (Å²) in [5.41, 5.74) is 0. The normalized spacial score (nSPS) is 25.4. The average Bonchev–Trinajstić information content (AvgIpc) is 2.87. The lowest BCUT2D eigenvalue weighted by molar-refractivity contribution is -0.136. The van der Waals surface area contributed by atoms with Gasteiger partial charge in [0.2, 0.25) is 5.91 Å². The molecule has 1 N–H and O–H groups in total. The molecule has 0 radical (unpaired) electrons. The van der Waals surface area contributed by atoms with Crippen LogP contribution in [0.4, 0.5) is 0 Å². The molecule has 0 aromatic heterocycles. The summed E-state index contributed by atoms with van der Waals surface area (Å²) >= 11 is 1.71. The number of carbonyl (C=O) groups excluding carboxylic acids is 1. The zero-order chi connectivity index (χ0) is 13.8. The van der Waals surface area contributed by atoms with E-state index in [0.29, 0.717) is 38.3 Å². The molecule has 2 heterocycles. The van der Waals surface area contributed by atoms with E-state index in [4.69, 9.17) is 4.74 Å². The highest BCUT2D eigenvalue weighted by Gasteiger charge is 2.26. The van der Waals surface area contributed by atoms with Gasteiger partial charge in [0.25, 0.3) is 0 Å². The zero-order valence-corrected chi connectivity index (χ0v) is 12.7. The first-order chi connectivity index (χ1) is 9.08. The number of thioether (sulfide) groups is 1. The number of rotatable bonds is 3. The third-order valence-electron chi connectivity index (χ3n) is 3.48. The van der Waals surface area contributed by atoms with Gasteiger partial charge in [-0.1, -0.05) is 25.6 Å². The molecule has 6 heteroatoms. The highest BCUT2D eigenvalue weighted by Crippen LogP contribution is 2.22. The summed E-state index contributed by atoms with van der Waals surface area (Å²) < 4.78 is 5.26. The van der Waals surface area contributed by atoms with Crippen LogP contribution in [0.1, 0.15) is 20.8 Å². The monoisotopic (exact) mass is 285 g/mol. The molecular weight excluding hydrogens is 262 g/mol. The van der Waals surface area contributed by atoms with E-state index in [0.717, 1.165) is 10.9 Å². The molecule has 2 atom stereocenters. The number of aliphatic imine (C=N–C) groups is 1. The Morgan fingerprint density at radius 1 is 1.42 bits per heavy atom. The van der Waals surface area contributed by atoms with Crippen molar-refractivity contribution >= 4 is 22.8 Å². The van der Waals surface area contributed by atoms with E-state index < -0.39 is 0 Å². The van der Waals surface area contributed by atoms with Gasteiger partial charge in [-0.15, -0.1) is 0 Å². The van der Waals surface area contributed by atoms with E-state index in [2.05, 4.69) is 24.2 Å². The highest BCUT2D eigenvalue weighted by molar-refractivity contribution is 8.14. The number of hydrogen-bond donors (Lipinski definition) is 1. The van der Waals surface area contributed by atoms with Crippen LogP contribution in [-0.4, -0.2) is 60.1 Å². The Hall–Kier alpha value is -0.750. The van der Waals surface area contributed by atoms with Gasteiger partial charge in [0.1, 0.15) is 6.04 Å². The van der Waals surface area contributed by atoms with E-state index in [1.54, 1.807) is 11.8 Å². The molecule has 2 aliphatic heterocycles. The van der Waals surface area contributed by atoms with Crippen LogP contribution in [0.3, 0.4) is 0 Å². The molecule has 0 spiro atoms. The van der Waals surface area contributed by atoms with Crippen molar-refractivity contribution in [2.24, 2.45) is 10.9 Å². The lowest BCUT2D eigenvalue weighted by Crippen LogP contribution is -2.50. The number of hydrogen-bond acceptors (Lipinski definition) is 5. The van der Waals surface area contributed by atoms with Crippen molar-refractivity contribution in [2.75, 3.05) is 32.1 Å². The maximum atomic E-state index is 12.2. The predicted molar refractivity (Wildman–Crippen MR) is 78.5 cm³/mol. The molecule has 0 aromatic carbocycles. The van der Waals surface area contributed by atoms with Gasteiger partial charge in [-0.3, -0.25) is 9.79 Å². The Bertz CT molecular complexity index is 354. The second kappa shape index (κ2) is 6.61. The molecule has 2 rings (SSSR count). The molecule has 0 saturated carbocycles. The molecule has 1 fully saturated rings. The molecule has 19 heavy (non-hydrogen) atoms. The second-order valence-corrected chi connectivity index (χ2v) is 6.37. The summed E-state index contributed by atoms with van der Waals surface area (Å²) in [7, 11) is 0. The zero-order valence-electron chi connectivity index (χ0n) is 11.9. The first-order valence-electron chi connectivity index (χ1n) is 6.91. The molecule has 2 aliphatic rings. The minimum Gasteiger partial charge on any atom is -0.378 e.